The molecule has 11 rings (SSSR count). The molecule has 0 N–H and O–H groups in total. The van der Waals surface area contributed by atoms with Crippen LogP contribution in [-0.2, 0) is 5.41 Å². The molecule has 2 aliphatic rings. The molecule has 2 aromatic heterocycles. The van der Waals surface area contributed by atoms with E-state index in [9.17, 15) is 0 Å². The maximum atomic E-state index is 5.77. The highest BCUT2D eigenvalue weighted by atomic mass is 28.3. The fraction of sp³-hybridized carbons (Fsp3) is 0.180. The quantitative estimate of drug-likeness (QED) is 0.118. The Morgan fingerprint density at radius 3 is 1.56 bits per heavy atom. The molecule has 2 atom stereocenters. The van der Waals surface area contributed by atoms with Crippen LogP contribution in [0.15, 0.2) is 217 Å². The van der Waals surface area contributed by atoms with Gasteiger partial charge in [0.05, 0.1) is 17.1 Å². The van der Waals surface area contributed by atoms with E-state index in [-0.39, 0.29) is 22.3 Å². The van der Waals surface area contributed by atoms with Crippen LogP contribution < -0.4 is 25.6 Å². The van der Waals surface area contributed by atoms with E-state index in [1.165, 1.54) is 53.9 Å². The van der Waals surface area contributed by atoms with E-state index in [1.54, 1.807) is 0 Å². The first kappa shape index (κ1) is 41.6. The van der Waals surface area contributed by atoms with Gasteiger partial charge in [-0.05, 0) is 73.4 Å². The number of nitrogens with zero attached hydrogens (tertiary/aromatic N) is 4. The molecule has 4 nitrogen and oxygen atoms in total. The molecule has 324 valence electrons. The number of allylic oxidation sites excluding steroid dienone is 2. The SMILES string of the molecule is CC(C)(C)C1=CC2(C)c3ccccc3N(c3cc(-n4c5ccccc5c5ccccc54)nc(-c4cccc([Si](c5ccccc5)(c5ccccc5)c5ccccc5)c4)n3)C2C(C(C)(C)C)=C1. The lowest BCUT2D eigenvalue weighted by Crippen LogP contribution is -2.74. The highest BCUT2D eigenvalue weighted by Crippen LogP contribution is 2.57. The summed E-state index contributed by atoms with van der Waals surface area (Å²) in [5.41, 5.74) is 8.01. The van der Waals surface area contributed by atoms with Gasteiger partial charge >= 0.3 is 0 Å². The van der Waals surface area contributed by atoms with Crippen LogP contribution in [0.4, 0.5) is 11.5 Å². The van der Waals surface area contributed by atoms with Gasteiger partial charge in [-0.1, -0.05) is 224 Å². The fourth-order valence-corrected chi connectivity index (χ4v) is 15.9. The molecule has 1 aliphatic heterocycles. The van der Waals surface area contributed by atoms with Crippen molar-refractivity contribution in [3.63, 3.8) is 0 Å². The standard InChI is InChI=1S/C61H56N4Si/c1-59(2,3)43-39-51(60(4,5)6)57-61(7,41-43)50-34-19-22-37-54(50)65(57)56-40-55(64-52-35-20-17-32-48(52)49-33-18-21-36-53(49)64)62-58(63-56)42-24-23-31-47(38-42)66(44-25-11-8-12-26-44,45-27-13-9-14-28-45)46-29-15-10-16-30-46/h8-41,57H,1-7H3. The first-order valence-corrected chi connectivity index (χ1v) is 25.4. The molecular formula is C61H56N4Si. The Bertz CT molecular complexity index is 3200. The van der Waals surface area contributed by atoms with Crippen molar-refractivity contribution in [2.45, 2.75) is 59.9 Å². The third-order valence-electron chi connectivity index (χ3n) is 14.3. The molecule has 66 heavy (non-hydrogen) atoms. The first-order chi connectivity index (χ1) is 31.9. The lowest BCUT2D eigenvalue weighted by atomic mass is 9.63. The van der Waals surface area contributed by atoms with Crippen molar-refractivity contribution < 1.29 is 0 Å². The molecule has 2 unspecified atom stereocenters. The lowest BCUT2D eigenvalue weighted by Gasteiger charge is -2.45. The van der Waals surface area contributed by atoms with Crippen LogP contribution in [0, 0.1) is 10.8 Å². The molecule has 0 saturated heterocycles. The Morgan fingerprint density at radius 2 is 1.00 bits per heavy atom. The molecule has 5 heteroatoms. The normalized spacial score (nSPS) is 17.4. The molecule has 1 aliphatic carbocycles. The molecular weight excluding hydrogens is 817 g/mol. The van der Waals surface area contributed by atoms with E-state index in [0.717, 1.165) is 28.2 Å². The highest BCUT2D eigenvalue weighted by Gasteiger charge is 2.53. The summed E-state index contributed by atoms with van der Waals surface area (Å²) in [6.07, 6.45) is 5.07. The van der Waals surface area contributed by atoms with Crippen LogP contribution in [0.2, 0.25) is 0 Å². The van der Waals surface area contributed by atoms with Crippen molar-refractivity contribution in [3.8, 4) is 17.2 Å². The zero-order valence-electron chi connectivity index (χ0n) is 39.0. The van der Waals surface area contributed by atoms with E-state index < -0.39 is 8.07 Å². The van der Waals surface area contributed by atoms with Crippen molar-refractivity contribution >= 4 is 62.1 Å². The van der Waals surface area contributed by atoms with Gasteiger partial charge in [-0.2, -0.15) is 0 Å². The number of hydrogen-bond donors (Lipinski definition) is 0. The van der Waals surface area contributed by atoms with Gasteiger partial charge in [0, 0.05) is 33.5 Å². The van der Waals surface area contributed by atoms with Crippen LogP contribution in [0.3, 0.4) is 0 Å². The molecule has 0 bridgehead atoms. The summed E-state index contributed by atoms with van der Waals surface area (Å²) in [5.74, 6) is 2.41. The minimum atomic E-state index is -2.86. The first-order valence-electron chi connectivity index (χ1n) is 23.4. The summed E-state index contributed by atoms with van der Waals surface area (Å²) < 4.78 is 2.35. The third-order valence-corrected chi connectivity index (χ3v) is 19.1. The van der Waals surface area contributed by atoms with Crippen LogP contribution in [0.5, 0.6) is 0 Å². The van der Waals surface area contributed by atoms with Gasteiger partial charge in [-0.25, -0.2) is 9.97 Å². The average Bonchev–Trinajstić information content (AvgIpc) is 3.81. The fourth-order valence-electron chi connectivity index (χ4n) is 11.2. The van der Waals surface area contributed by atoms with Gasteiger partial charge in [0.1, 0.15) is 11.6 Å². The number of benzene rings is 7. The Balaban J connectivity index is 1.21. The zero-order chi connectivity index (χ0) is 45.4. The molecule has 0 saturated carbocycles. The number of aromatic nitrogens is 3. The van der Waals surface area contributed by atoms with Gasteiger partial charge in [-0.15, -0.1) is 0 Å². The molecule has 7 aromatic carbocycles. The maximum Gasteiger partial charge on any atom is 0.179 e. The largest absolute Gasteiger partial charge is 0.317 e. The number of rotatable bonds is 7. The van der Waals surface area contributed by atoms with Crippen molar-refractivity contribution in [2.24, 2.45) is 10.8 Å². The molecule has 0 spiro atoms. The Hall–Kier alpha value is -7.08. The zero-order valence-corrected chi connectivity index (χ0v) is 40.0. The molecule has 9 aromatic rings. The summed E-state index contributed by atoms with van der Waals surface area (Å²) >= 11 is 0. The summed E-state index contributed by atoms with van der Waals surface area (Å²) in [5, 5.41) is 7.66. The second-order valence-corrected chi connectivity index (χ2v) is 24.3. The van der Waals surface area contributed by atoms with E-state index in [4.69, 9.17) is 9.97 Å². The monoisotopic (exact) mass is 872 g/mol. The number of fused-ring (bicyclic) bond motifs is 6. The predicted molar refractivity (Wildman–Crippen MR) is 280 cm³/mol. The van der Waals surface area contributed by atoms with E-state index in [0.29, 0.717) is 5.82 Å². The summed E-state index contributed by atoms with van der Waals surface area (Å²) in [6.45, 7) is 16.6. The molecule has 0 amide bonds. The Morgan fingerprint density at radius 1 is 0.500 bits per heavy atom. The van der Waals surface area contributed by atoms with Gasteiger partial charge in [-0.3, -0.25) is 4.57 Å². The van der Waals surface area contributed by atoms with Crippen molar-refractivity contribution in [3.05, 3.63) is 223 Å². The molecule has 0 radical (unpaired) electrons. The third kappa shape index (κ3) is 6.54. The smallest absolute Gasteiger partial charge is 0.179 e. The minimum absolute atomic E-state index is 0.0182. The number of para-hydroxylation sites is 3. The maximum absolute atomic E-state index is 5.77. The predicted octanol–water partition coefficient (Wildman–Crippen LogP) is 12.4. The molecule has 3 heterocycles. The lowest BCUT2D eigenvalue weighted by molar-refractivity contribution is 0.392. The van der Waals surface area contributed by atoms with E-state index in [1.807, 2.05) is 0 Å². The number of hydrogen-bond acceptors (Lipinski definition) is 3. The van der Waals surface area contributed by atoms with Gasteiger partial charge < -0.3 is 4.90 Å². The Labute approximate surface area is 390 Å². The van der Waals surface area contributed by atoms with Crippen molar-refractivity contribution in [1.82, 2.24) is 14.5 Å². The Kier molecular flexibility index (Phi) is 9.79. The summed E-state index contributed by atoms with van der Waals surface area (Å²) in [6, 6.07) is 71.3. The topological polar surface area (TPSA) is 34.0 Å². The second kappa shape index (κ2) is 15.5. The van der Waals surface area contributed by atoms with Gasteiger partial charge in [0.2, 0.25) is 0 Å². The van der Waals surface area contributed by atoms with Gasteiger partial charge in [0.25, 0.3) is 0 Å². The summed E-state index contributed by atoms with van der Waals surface area (Å²) in [7, 11) is -2.86. The van der Waals surface area contributed by atoms with Crippen LogP contribution in [0.25, 0.3) is 39.0 Å². The van der Waals surface area contributed by atoms with Crippen molar-refractivity contribution in [1.29, 1.82) is 0 Å². The summed E-state index contributed by atoms with van der Waals surface area (Å²) in [4.78, 5) is 14.0. The minimum Gasteiger partial charge on any atom is -0.317 e. The van der Waals surface area contributed by atoms with E-state index in [2.05, 4.69) is 264 Å². The molecule has 0 fully saturated rings. The number of anilines is 2. The van der Waals surface area contributed by atoms with E-state index >= 15 is 0 Å². The van der Waals surface area contributed by atoms with Crippen molar-refractivity contribution in [2.75, 3.05) is 4.90 Å². The van der Waals surface area contributed by atoms with Crippen LogP contribution in [0.1, 0.15) is 54.0 Å². The highest BCUT2D eigenvalue weighted by molar-refractivity contribution is 7.19. The van der Waals surface area contributed by atoms with Crippen LogP contribution in [-0.4, -0.2) is 28.7 Å². The van der Waals surface area contributed by atoms with Gasteiger partial charge in [0.15, 0.2) is 13.9 Å². The average molecular weight is 873 g/mol. The second-order valence-electron chi connectivity index (χ2n) is 20.5. The van der Waals surface area contributed by atoms with Crippen LogP contribution >= 0.6 is 0 Å².